The molecule has 128 valence electrons. The summed E-state index contributed by atoms with van der Waals surface area (Å²) in [7, 11) is 1.22. The first-order valence-electron chi connectivity index (χ1n) is 7.45. The van der Waals surface area contributed by atoms with Gasteiger partial charge in [-0.05, 0) is 33.3 Å². The minimum atomic E-state index is -1.14. The zero-order chi connectivity index (χ0) is 17.6. The molecule has 0 saturated heterocycles. The van der Waals surface area contributed by atoms with Gasteiger partial charge in [0.2, 0.25) is 0 Å². The van der Waals surface area contributed by atoms with Gasteiger partial charge in [-0.15, -0.1) is 0 Å². The largest absolute Gasteiger partial charge is 0.467 e. The van der Waals surface area contributed by atoms with E-state index in [2.05, 4.69) is 0 Å². The molecule has 23 heavy (non-hydrogen) atoms. The predicted molar refractivity (Wildman–Crippen MR) is 85.7 cm³/mol. The molecule has 0 aliphatic carbocycles. The van der Waals surface area contributed by atoms with Crippen molar-refractivity contribution in [2.24, 2.45) is 0 Å². The normalized spacial score (nSPS) is 13.8. The summed E-state index contributed by atoms with van der Waals surface area (Å²) < 4.78 is 10.1. The van der Waals surface area contributed by atoms with E-state index >= 15 is 0 Å². The first kappa shape index (κ1) is 19.0. The highest BCUT2D eigenvalue weighted by atomic mass is 16.6. The molecule has 0 saturated carbocycles. The van der Waals surface area contributed by atoms with Crippen LogP contribution < -0.4 is 0 Å². The van der Waals surface area contributed by atoms with Gasteiger partial charge < -0.3 is 14.6 Å². The minimum Gasteiger partial charge on any atom is -0.467 e. The van der Waals surface area contributed by atoms with Gasteiger partial charge in [0.05, 0.1) is 19.8 Å². The number of hydrogen-bond acceptors (Lipinski definition) is 5. The van der Waals surface area contributed by atoms with E-state index in [-0.39, 0.29) is 6.54 Å². The summed E-state index contributed by atoms with van der Waals surface area (Å²) in [6.45, 7) is 6.77. The summed E-state index contributed by atoms with van der Waals surface area (Å²) in [6, 6.07) is 8.03. The smallest absolute Gasteiger partial charge is 0.411 e. The summed E-state index contributed by atoms with van der Waals surface area (Å²) in [5.74, 6) is -0.693. The van der Waals surface area contributed by atoms with E-state index in [0.29, 0.717) is 0 Å². The van der Waals surface area contributed by atoms with Gasteiger partial charge in [-0.3, -0.25) is 4.90 Å². The number of carbonyl (C=O) groups is 2. The van der Waals surface area contributed by atoms with Crippen molar-refractivity contribution in [1.29, 1.82) is 0 Å². The van der Waals surface area contributed by atoms with E-state index in [9.17, 15) is 14.7 Å². The Morgan fingerprint density at radius 2 is 1.78 bits per heavy atom. The van der Waals surface area contributed by atoms with Crippen LogP contribution in [0.3, 0.4) is 0 Å². The number of carbonyl (C=O) groups excluding carboxylic acids is 2. The third-order valence-corrected chi connectivity index (χ3v) is 3.06. The van der Waals surface area contributed by atoms with Gasteiger partial charge in [0.25, 0.3) is 0 Å². The van der Waals surface area contributed by atoms with E-state index in [1.165, 1.54) is 18.9 Å². The number of rotatable bonds is 5. The molecule has 6 nitrogen and oxygen atoms in total. The molecule has 0 aliphatic heterocycles. The summed E-state index contributed by atoms with van der Waals surface area (Å²) in [5.41, 5.74) is 0.0960. The Morgan fingerprint density at radius 1 is 1.22 bits per heavy atom. The zero-order valence-corrected chi connectivity index (χ0v) is 14.3. The second-order valence-electron chi connectivity index (χ2n) is 6.30. The van der Waals surface area contributed by atoms with Crippen molar-refractivity contribution < 1.29 is 24.2 Å². The lowest BCUT2D eigenvalue weighted by Crippen LogP contribution is -2.52. The van der Waals surface area contributed by atoms with Gasteiger partial charge >= 0.3 is 12.1 Å². The lowest BCUT2D eigenvalue weighted by Gasteiger charge is -2.33. The second kappa shape index (κ2) is 7.97. The van der Waals surface area contributed by atoms with Crippen molar-refractivity contribution in [2.75, 3.05) is 7.11 Å². The van der Waals surface area contributed by atoms with E-state index < -0.39 is 29.8 Å². The van der Waals surface area contributed by atoms with Crippen LogP contribution in [0.4, 0.5) is 4.79 Å². The highest BCUT2D eigenvalue weighted by Gasteiger charge is 2.37. The number of aliphatic hydroxyl groups excluding tert-OH is 1. The number of esters is 1. The number of ether oxygens (including phenoxy) is 2. The summed E-state index contributed by atoms with van der Waals surface area (Å²) >= 11 is 0. The highest BCUT2D eigenvalue weighted by Crippen LogP contribution is 2.18. The van der Waals surface area contributed by atoms with Crippen LogP contribution in [0.2, 0.25) is 0 Å². The van der Waals surface area contributed by atoms with Crippen LogP contribution in [0.1, 0.15) is 33.3 Å². The zero-order valence-electron chi connectivity index (χ0n) is 14.3. The van der Waals surface area contributed by atoms with Gasteiger partial charge in [0, 0.05) is 0 Å². The van der Waals surface area contributed by atoms with Gasteiger partial charge in [0.15, 0.2) is 6.04 Å². The van der Waals surface area contributed by atoms with Crippen molar-refractivity contribution in [2.45, 2.75) is 52.0 Å². The number of benzene rings is 1. The standard InChI is InChI=1S/C17H25NO5/c1-12(19)14(15(20)22-5)18(16(21)23-17(2,3)4)11-13-9-7-6-8-10-13/h6-10,12,14,19H,11H2,1-5H3. The van der Waals surface area contributed by atoms with E-state index in [1.807, 2.05) is 30.3 Å². The Morgan fingerprint density at radius 3 is 2.22 bits per heavy atom. The topological polar surface area (TPSA) is 76.1 Å². The highest BCUT2D eigenvalue weighted by molar-refractivity contribution is 5.82. The van der Waals surface area contributed by atoms with E-state index in [0.717, 1.165) is 5.56 Å². The maximum absolute atomic E-state index is 12.5. The second-order valence-corrected chi connectivity index (χ2v) is 6.30. The molecular formula is C17H25NO5. The fraction of sp³-hybridized carbons (Fsp3) is 0.529. The molecule has 1 aromatic carbocycles. The SMILES string of the molecule is COC(=O)C(C(C)O)N(Cc1ccccc1)C(=O)OC(C)(C)C. The van der Waals surface area contributed by atoms with Crippen LogP contribution in [-0.2, 0) is 20.8 Å². The maximum Gasteiger partial charge on any atom is 0.411 e. The van der Waals surface area contributed by atoms with Crippen molar-refractivity contribution in [3.05, 3.63) is 35.9 Å². The van der Waals surface area contributed by atoms with Crippen molar-refractivity contribution in [1.82, 2.24) is 4.90 Å². The fourth-order valence-corrected chi connectivity index (χ4v) is 2.08. The van der Waals surface area contributed by atoms with Gasteiger partial charge in [-0.1, -0.05) is 30.3 Å². The average Bonchev–Trinajstić information content (AvgIpc) is 2.45. The van der Waals surface area contributed by atoms with Crippen LogP contribution in [-0.4, -0.2) is 46.9 Å². The Bertz CT molecular complexity index is 522. The van der Waals surface area contributed by atoms with E-state index in [4.69, 9.17) is 9.47 Å². The molecule has 0 fully saturated rings. The third kappa shape index (κ3) is 5.90. The molecular weight excluding hydrogens is 298 g/mol. The van der Waals surface area contributed by atoms with Crippen LogP contribution in [0.5, 0.6) is 0 Å². The molecule has 0 spiro atoms. The molecule has 0 bridgehead atoms. The fourth-order valence-electron chi connectivity index (χ4n) is 2.08. The summed E-state index contributed by atoms with van der Waals surface area (Å²) in [4.78, 5) is 25.7. The molecule has 1 N–H and O–H groups in total. The third-order valence-electron chi connectivity index (χ3n) is 3.06. The molecule has 0 aliphatic rings. The molecule has 2 unspecified atom stereocenters. The number of amides is 1. The number of methoxy groups -OCH3 is 1. The van der Waals surface area contributed by atoms with Crippen molar-refractivity contribution in [3.8, 4) is 0 Å². The lowest BCUT2D eigenvalue weighted by atomic mass is 10.1. The lowest BCUT2D eigenvalue weighted by molar-refractivity contribution is -0.151. The van der Waals surface area contributed by atoms with Gasteiger partial charge in [-0.2, -0.15) is 0 Å². The Hall–Kier alpha value is -2.08. The molecule has 0 radical (unpaired) electrons. The van der Waals surface area contributed by atoms with Crippen LogP contribution in [0, 0.1) is 0 Å². The van der Waals surface area contributed by atoms with Gasteiger partial charge in [-0.25, -0.2) is 9.59 Å². The van der Waals surface area contributed by atoms with Crippen molar-refractivity contribution in [3.63, 3.8) is 0 Å². The Balaban J connectivity index is 3.13. The average molecular weight is 323 g/mol. The molecule has 2 atom stereocenters. The van der Waals surface area contributed by atoms with Crippen molar-refractivity contribution >= 4 is 12.1 Å². The number of aliphatic hydroxyl groups is 1. The van der Waals surface area contributed by atoms with Crippen LogP contribution in [0.15, 0.2) is 30.3 Å². The first-order chi connectivity index (χ1) is 10.7. The maximum atomic E-state index is 12.5. The molecule has 1 amide bonds. The Labute approximate surface area is 137 Å². The summed E-state index contributed by atoms with van der Waals surface area (Å²) in [5, 5.41) is 9.96. The molecule has 1 rings (SSSR count). The van der Waals surface area contributed by atoms with Gasteiger partial charge in [0.1, 0.15) is 5.60 Å². The first-order valence-corrected chi connectivity index (χ1v) is 7.45. The number of hydrogen-bond donors (Lipinski definition) is 1. The molecule has 6 heteroatoms. The quantitative estimate of drug-likeness (QED) is 0.842. The van der Waals surface area contributed by atoms with E-state index in [1.54, 1.807) is 20.8 Å². The van der Waals surface area contributed by atoms with Crippen LogP contribution in [0.25, 0.3) is 0 Å². The van der Waals surface area contributed by atoms with Crippen LogP contribution >= 0.6 is 0 Å². The summed E-state index contributed by atoms with van der Waals surface area (Å²) in [6.07, 6.45) is -1.78. The predicted octanol–water partition coefficient (Wildman–Crippen LogP) is 2.35. The molecule has 0 aromatic heterocycles. The monoisotopic (exact) mass is 323 g/mol. The number of nitrogens with zero attached hydrogens (tertiary/aromatic N) is 1. The molecule has 0 heterocycles. The molecule has 1 aromatic rings. The Kier molecular flexibility index (Phi) is 6.57. The minimum absolute atomic E-state index is 0.125.